The molecule has 29 heavy (non-hydrogen) atoms. The van der Waals surface area contributed by atoms with Gasteiger partial charge in [0.15, 0.2) is 5.16 Å². The normalized spacial score (nSPS) is 17.5. The Kier molecular flexibility index (Phi) is 6.01. The minimum atomic E-state index is -0.225. The van der Waals surface area contributed by atoms with Crippen molar-refractivity contribution in [1.29, 1.82) is 0 Å². The van der Waals surface area contributed by atoms with E-state index in [0.29, 0.717) is 28.4 Å². The molecule has 0 spiro atoms. The second kappa shape index (κ2) is 8.84. The third-order valence-electron chi connectivity index (χ3n) is 4.92. The van der Waals surface area contributed by atoms with E-state index in [1.807, 2.05) is 31.2 Å². The maximum absolute atomic E-state index is 13.1. The molecule has 1 amide bonds. The fourth-order valence-electron chi connectivity index (χ4n) is 3.43. The second-order valence-electron chi connectivity index (χ2n) is 7.06. The monoisotopic (exact) mass is 413 g/mol. The van der Waals surface area contributed by atoms with Crippen LogP contribution in [0.15, 0.2) is 57.0 Å². The van der Waals surface area contributed by atoms with Crippen LogP contribution in [0.1, 0.15) is 31.6 Å². The van der Waals surface area contributed by atoms with Crippen molar-refractivity contribution in [3.63, 3.8) is 0 Å². The highest BCUT2D eigenvalue weighted by atomic mass is 32.2. The van der Waals surface area contributed by atoms with Crippen LogP contribution in [-0.4, -0.2) is 33.9 Å². The number of carbonyl (C=O) groups is 1. The summed E-state index contributed by atoms with van der Waals surface area (Å²) in [5.41, 5.74) is 0.533. The van der Waals surface area contributed by atoms with E-state index in [0.717, 1.165) is 19.4 Å². The average molecular weight is 413 g/mol. The highest BCUT2D eigenvalue weighted by molar-refractivity contribution is 7.99. The fraction of sp³-hybridized carbons (Fsp3) is 0.381. The molecule has 2 atom stereocenters. The molecule has 0 aliphatic carbocycles. The summed E-state index contributed by atoms with van der Waals surface area (Å²) in [6.45, 7) is 3.03. The molecule has 2 aromatic heterocycles. The van der Waals surface area contributed by atoms with Crippen molar-refractivity contribution in [2.45, 2.75) is 43.6 Å². The molecule has 1 fully saturated rings. The summed E-state index contributed by atoms with van der Waals surface area (Å²) in [7, 11) is 0. The highest BCUT2D eigenvalue weighted by Gasteiger charge is 2.21. The number of rotatable bonds is 7. The first-order valence-electron chi connectivity index (χ1n) is 9.68. The molecule has 0 radical (unpaired) electrons. The van der Waals surface area contributed by atoms with Gasteiger partial charge in [0.1, 0.15) is 5.76 Å². The number of hydrogen-bond acceptors (Lipinski definition) is 6. The smallest absolute Gasteiger partial charge is 0.262 e. The van der Waals surface area contributed by atoms with Crippen LogP contribution in [0.3, 0.4) is 0 Å². The van der Waals surface area contributed by atoms with Crippen molar-refractivity contribution in [3.8, 4) is 0 Å². The maximum atomic E-state index is 13.1. The van der Waals surface area contributed by atoms with Gasteiger partial charge in [0.05, 0.1) is 41.6 Å². The zero-order valence-electron chi connectivity index (χ0n) is 16.2. The van der Waals surface area contributed by atoms with E-state index >= 15 is 0 Å². The zero-order valence-corrected chi connectivity index (χ0v) is 17.0. The minimum absolute atomic E-state index is 0.00261. The third-order valence-corrected chi connectivity index (χ3v) is 5.89. The van der Waals surface area contributed by atoms with E-state index in [2.05, 4.69) is 10.3 Å². The summed E-state index contributed by atoms with van der Waals surface area (Å²) < 4.78 is 12.7. The van der Waals surface area contributed by atoms with Crippen LogP contribution in [-0.2, 0) is 16.1 Å². The Hall–Kier alpha value is -2.58. The Morgan fingerprint density at radius 3 is 2.97 bits per heavy atom. The van der Waals surface area contributed by atoms with Gasteiger partial charge in [-0.25, -0.2) is 4.98 Å². The first kappa shape index (κ1) is 19.7. The van der Waals surface area contributed by atoms with Crippen LogP contribution >= 0.6 is 11.8 Å². The average Bonchev–Trinajstić information content (AvgIpc) is 3.43. The van der Waals surface area contributed by atoms with Crippen LogP contribution in [0.2, 0.25) is 0 Å². The Balaban J connectivity index is 1.53. The third kappa shape index (κ3) is 4.54. The van der Waals surface area contributed by atoms with E-state index in [1.54, 1.807) is 23.0 Å². The van der Waals surface area contributed by atoms with Crippen molar-refractivity contribution in [2.75, 3.05) is 12.4 Å². The SMILES string of the molecule is C[C@H](NC(=O)CSc1nc2ccccc2c(=O)n1C[C@@H]1CCCO1)c1ccco1. The van der Waals surface area contributed by atoms with Gasteiger partial charge in [-0.15, -0.1) is 0 Å². The van der Waals surface area contributed by atoms with E-state index in [1.165, 1.54) is 11.8 Å². The highest BCUT2D eigenvalue weighted by Crippen LogP contribution is 2.21. The topological polar surface area (TPSA) is 86.4 Å². The fourth-order valence-corrected chi connectivity index (χ4v) is 4.25. The minimum Gasteiger partial charge on any atom is -0.467 e. The van der Waals surface area contributed by atoms with Crippen LogP contribution in [0.25, 0.3) is 10.9 Å². The number of carbonyl (C=O) groups excluding carboxylic acids is 1. The summed E-state index contributed by atoms with van der Waals surface area (Å²) in [5.74, 6) is 0.703. The molecule has 0 bridgehead atoms. The summed E-state index contributed by atoms with van der Waals surface area (Å²) in [6, 6.07) is 10.7. The summed E-state index contributed by atoms with van der Waals surface area (Å²) in [6.07, 6.45) is 3.50. The molecule has 3 aromatic rings. The van der Waals surface area contributed by atoms with Crippen LogP contribution in [0, 0.1) is 0 Å². The van der Waals surface area contributed by atoms with Gasteiger partial charge in [0, 0.05) is 6.61 Å². The van der Waals surface area contributed by atoms with Gasteiger partial charge in [-0.05, 0) is 44.0 Å². The molecule has 1 aliphatic heterocycles. The predicted octanol–water partition coefficient (Wildman–Crippen LogP) is 3.14. The zero-order chi connectivity index (χ0) is 20.2. The molecule has 1 saturated heterocycles. The largest absolute Gasteiger partial charge is 0.467 e. The quantitative estimate of drug-likeness (QED) is 0.473. The van der Waals surface area contributed by atoms with Crippen molar-refractivity contribution in [2.24, 2.45) is 0 Å². The number of aromatic nitrogens is 2. The second-order valence-corrected chi connectivity index (χ2v) is 8.00. The lowest BCUT2D eigenvalue weighted by Crippen LogP contribution is -2.30. The molecule has 4 rings (SSSR count). The molecule has 1 aromatic carbocycles. The number of thioether (sulfide) groups is 1. The number of nitrogens with zero attached hydrogens (tertiary/aromatic N) is 2. The van der Waals surface area contributed by atoms with Gasteiger partial charge >= 0.3 is 0 Å². The molecule has 0 saturated carbocycles. The number of furan rings is 1. The summed E-state index contributed by atoms with van der Waals surface area (Å²) in [4.78, 5) is 30.1. The van der Waals surface area contributed by atoms with Gasteiger partial charge in [0.2, 0.25) is 5.91 Å². The van der Waals surface area contributed by atoms with Crippen LogP contribution in [0.5, 0.6) is 0 Å². The number of para-hydroxylation sites is 1. The number of ether oxygens (including phenoxy) is 1. The van der Waals surface area contributed by atoms with Crippen molar-refractivity contribution in [1.82, 2.24) is 14.9 Å². The Morgan fingerprint density at radius 2 is 2.21 bits per heavy atom. The Morgan fingerprint density at radius 1 is 1.34 bits per heavy atom. The number of nitrogens with one attached hydrogen (secondary N) is 1. The lowest BCUT2D eigenvalue weighted by atomic mass is 10.2. The predicted molar refractivity (Wildman–Crippen MR) is 111 cm³/mol. The van der Waals surface area contributed by atoms with Gasteiger partial charge in [-0.1, -0.05) is 23.9 Å². The van der Waals surface area contributed by atoms with Crippen LogP contribution in [0.4, 0.5) is 0 Å². The molecule has 152 valence electrons. The summed E-state index contributed by atoms with van der Waals surface area (Å²) >= 11 is 1.26. The van der Waals surface area contributed by atoms with Gasteiger partial charge < -0.3 is 14.5 Å². The van der Waals surface area contributed by atoms with E-state index < -0.39 is 0 Å². The number of hydrogen-bond donors (Lipinski definition) is 1. The number of benzene rings is 1. The van der Waals surface area contributed by atoms with E-state index in [-0.39, 0.29) is 29.4 Å². The lowest BCUT2D eigenvalue weighted by Gasteiger charge is -2.17. The molecule has 1 aliphatic rings. The molecule has 8 heteroatoms. The van der Waals surface area contributed by atoms with Gasteiger partial charge in [-0.3, -0.25) is 14.2 Å². The first-order chi connectivity index (χ1) is 14.1. The lowest BCUT2D eigenvalue weighted by molar-refractivity contribution is -0.119. The van der Waals surface area contributed by atoms with E-state index in [9.17, 15) is 9.59 Å². The van der Waals surface area contributed by atoms with Gasteiger partial charge in [-0.2, -0.15) is 0 Å². The number of amides is 1. The molecule has 3 heterocycles. The first-order valence-corrected chi connectivity index (χ1v) is 10.7. The molecular formula is C21H23N3O4S. The molecule has 7 nitrogen and oxygen atoms in total. The van der Waals surface area contributed by atoms with Crippen molar-refractivity contribution in [3.05, 3.63) is 58.8 Å². The van der Waals surface area contributed by atoms with Crippen molar-refractivity contribution >= 4 is 28.6 Å². The van der Waals surface area contributed by atoms with Gasteiger partial charge in [0.25, 0.3) is 5.56 Å². The Bertz CT molecular complexity index is 1040. The van der Waals surface area contributed by atoms with E-state index in [4.69, 9.17) is 9.15 Å². The number of fused-ring (bicyclic) bond motifs is 1. The molecule has 0 unspecified atom stereocenters. The van der Waals surface area contributed by atoms with Crippen molar-refractivity contribution < 1.29 is 13.9 Å². The standard InChI is InChI=1S/C21H23N3O4S/c1-14(18-9-5-11-28-18)22-19(25)13-29-21-23-17-8-3-2-7-16(17)20(26)24(21)12-15-6-4-10-27-15/h2-3,5,7-9,11,14-15H,4,6,10,12-13H2,1H3,(H,22,25)/t14-,15-/m0/s1. The molecular weight excluding hydrogens is 390 g/mol. The Labute approximate surface area is 172 Å². The molecule has 1 N–H and O–H groups in total. The summed E-state index contributed by atoms with van der Waals surface area (Å²) in [5, 5.41) is 4.01. The maximum Gasteiger partial charge on any atom is 0.262 e. The van der Waals surface area contributed by atoms with Crippen LogP contribution < -0.4 is 10.9 Å².